The molecule has 3 atom stereocenters. The van der Waals surface area contributed by atoms with E-state index in [0.717, 1.165) is 28.7 Å². The Morgan fingerprint density at radius 3 is 3.05 bits per heavy atom. The van der Waals surface area contributed by atoms with Gasteiger partial charge in [-0.2, -0.15) is 0 Å². The van der Waals surface area contributed by atoms with Crippen molar-refractivity contribution in [1.82, 2.24) is 10.2 Å². The number of aryl methyl sites for hydroxylation is 1. The molecule has 1 heterocycles. The fourth-order valence-corrected chi connectivity index (χ4v) is 4.31. The molecule has 0 aliphatic heterocycles. The van der Waals surface area contributed by atoms with Gasteiger partial charge in [0.25, 0.3) is 0 Å². The summed E-state index contributed by atoms with van der Waals surface area (Å²) in [5.74, 6) is 1.07. The molecular weight excluding hydrogens is 272 g/mol. The van der Waals surface area contributed by atoms with Gasteiger partial charge in [-0.3, -0.25) is 0 Å². The molecule has 2 fully saturated rings. The fourth-order valence-electron chi connectivity index (χ4n) is 3.49. The van der Waals surface area contributed by atoms with Crippen molar-refractivity contribution in [2.75, 3.05) is 5.32 Å². The van der Waals surface area contributed by atoms with Crippen molar-refractivity contribution in [1.29, 1.82) is 0 Å². The molecule has 3 rings (SSSR count). The standard InChI is InChI=1S/C14H22N4OS/c1-2-3-4-5-11-16-17-14(20-11)15-12-9-6-7-10(8-9)13(12)18-19/h9-10,12,19H,2-8H2,1H3,(H,15,17). The molecule has 20 heavy (non-hydrogen) atoms. The number of anilines is 1. The number of hydrogen-bond donors (Lipinski definition) is 2. The lowest BCUT2D eigenvalue weighted by molar-refractivity contribution is 0.312. The highest BCUT2D eigenvalue weighted by molar-refractivity contribution is 7.15. The molecule has 2 N–H and O–H groups in total. The van der Waals surface area contributed by atoms with E-state index in [1.807, 2.05) is 0 Å². The third kappa shape index (κ3) is 2.66. The van der Waals surface area contributed by atoms with Gasteiger partial charge in [-0.25, -0.2) is 0 Å². The Bertz CT molecular complexity index is 487. The quantitative estimate of drug-likeness (QED) is 0.480. The van der Waals surface area contributed by atoms with E-state index in [9.17, 15) is 5.21 Å². The number of aromatic nitrogens is 2. The van der Waals surface area contributed by atoms with Crippen molar-refractivity contribution >= 4 is 22.2 Å². The Kier molecular flexibility index (Phi) is 4.19. The molecule has 1 aromatic heterocycles. The molecule has 110 valence electrons. The molecule has 2 saturated carbocycles. The van der Waals surface area contributed by atoms with Crippen LogP contribution >= 0.6 is 11.3 Å². The maximum absolute atomic E-state index is 9.20. The van der Waals surface area contributed by atoms with E-state index in [-0.39, 0.29) is 6.04 Å². The van der Waals surface area contributed by atoms with E-state index in [2.05, 4.69) is 27.6 Å². The molecule has 0 radical (unpaired) electrons. The van der Waals surface area contributed by atoms with E-state index in [1.54, 1.807) is 11.3 Å². The molecule has 0 amide bonds. The van der Waals surface area contributed by atoms with Crippen LogP contribution in [0.3, 0.4) is 0 Å². The summed E-state index contributed by atoms with van der Waals surface area (Å²) < 4.78 is 0. The topological polar surface area (TPSA) is 70.4 Å². The lowest BCUT2D eigenvalue weighted by Crippen LogP contribution is -2.35. The van der Waals surface area contributed by atoms with Crippen molar-refractivity contribution in [2.45, 2.75) is 57.9 Å². The van der Waals surface area contributed by atoms with Crippen LogP contribution in [-0.2, 0) is 6.42 Å². The average molecular weight is 294 g/mol. The van der Waals surface area contributed by atoms with Crippen molar-refractivity contribution in [3.63, 3.8) is 0 Å². The number of nitrogens with zero attached hydrogens (tertiary/aromatic N) is 3. The number of unbranched alkanes of at least 4 members (excludes halogenated alkanes) is 2. The van der Waals surface area contributed by atoms with E-state index in [4.69, 9.17) is 0 Å². The van der Waals surface area contributed by atoms with E-state index in [0.29, 0.717) is 11.8 Å². The molecule has 0 aromatic carbocycles. The molecule has 6 heteroatoms. The molecule has 3 unspecified atom stereocenters. The number of hydrogen-bond acceptors (Lipinski definition) is 6. The van der Waals surface area contributed by atoms with Gasteiger partial charge in [0.1, 0.15) is 5.01 Å². The van der Waals surface area contributed by atoms with Gasteiger partial charge in [-0.1, -0.05) is 36.3 Å². The van der Waals surface area contributed by atoms with Crippen molar-refractivity contribution in [2.24, 2.45) is 17.0 Å². The second-order valence-electron chi connectivity index (χ2n) is 5.87. The van der Waals surface area contributed by atoms with Gasteiger partial charge >= 0.3 is 0 Å². The summed E-state index contributed by atoms with van der Waals surface area (Å²) in [5, 5.41) is 26.6. The Balaban J connectivity index is 1.60. The predicted molar refractivity (Wildman–Crippen MR) is 80.6 cm³/mol. The SMILES string of the molecule is CCCCCc1nnc(NC2C(=NO)C3CCC2C3)s1. The van der Waals surface area contributed by atoms with Gasteiger partial charge in [0, 0.05) is 12.3 Å². The predicted octanol–water partition coefficient (Wildman–Crippen LogP) is 3.31. The fraction of sp³-hybridized carbons (Fsp3) is 0.786. The minimum absolute atomic E-state index is 0.162. The van der Waals surface area contributed by atoms with Crippen molar-refractivity contribution in [3.8, 4) is 0 Å². The number of nitrogens with one attached hydrogen (secondary N) is 1. The van der Waals surface area contributed by atoms with Gasteiger partial charge < -0.3 is 10.5 Å². The molecule has 0 spiro atoms. The average Bonchev–Trinajstić information content (AvgIpc) is 3.15. The van der Waals surface area contributed by atoms with Crippen LogP contribution in [0.4, 0.5) is 5.13 Å². The van der Waals surface area contributed by atoms with Crippen LogP contribution in [-0.4, -0.2) is 27.2 Å². The maximum atomic E-state index is 9.20. The largest absolute Gasteiger partial charge is 0.411 e. The minimum Gasteiger partial charge on any atom is -0.411 e. The Hall–Kier alpha value is -1.17. The molecule has 2 aliphatic carbocycles. The first-order valence-electron chi connectivity index (χ1n) is 7.62. The maximum Gasteiger partial charge on any atom is 0.206 e. The number of fused-ring (bicyclic) bond motifs is 2. The summed E-state index contributed by atoms with van der Waals surface area (Å²) in [7, 11) is 0. The summed E-state index contributed by atoms with van der Waals surface area (Å²) in [6.07, 6.45) is 8.22. The highest BCUT2D eigenvalue weighted by atomic mass is 32.1. The normalized spacial score (nSPS) is 30.2. The molecular formula is C14H22N4OS. The van der Waals surface area contributed by atoms with Crippen LogP contribution in [0.1, 0.15) is 50.5 Å². The van der Waals surface area contributed by atoms with Crippen LogP contribution in [0.2, 0.25) is 0 Å². The first-order valence-corrected chi connectivity index (χ1v) is 8.44. The Morgan fingerprint density at radius 1 is 1.35 bits per heavy atom. The van der Waals surface area contributed by atoms with Gasteiger partial charge in [0.05, 0.1) is 11.8 Å². The lowest BCUT2D eigenvalue weighted by atomic mass is 9.93. The summed E-state index contributed by atoms with van der Waals surface area (Å²) in [5.41, 5.74) is 0.920. The molecule has 2 bridgehead atoms. The minimum atomic E-state index is 0.162. The zero-order valence-electron chi connectivity index (χ0n) is 11.9. The second-order valence-corrected chi connectivity index (χ2v) is 6.94. The smallest absolute Gasteiger partial charge is 0.206 e. The van der Waals surface area contributed by atoms with Gasteiger partial charge in [0.2, 0.25) is 5.13 Å². The van der Waals surface area contributed by atoms with Gasteiger partial charge in [-0.05, 0) is 31.6 Å². The Labute approximate surface area is 123 Å². The highest BCUT2D eigenvalue weighted by Gasteiger charge is 2.45. The molecule has 2 aliphatic rings. The van der Waals surface area contributed by atoms with E-state index < -0.39 is 0 Å². The summed E-state index contributed by atoms with van der Waals surface area (Å²) >= 11 is 1.64. The van der Waals surface area contributed by atoms with Crippen LogP contribution in [0.15, 0.2) is 5.16 Å². The number of oxime groups is 1. The van der Waals surface area contributed by atoms with Crippen molar-refractivity contribution < 1.29 is 5.21 Å². The first kappa shape index (κ1) is 13.8. The monoisotopic (exact) mass is 294 g/mol. The Morgan fingerprint density at radius 2 is 2.25 bits per heavy atom. The lowest BCUT2D eigenvalue weighted by Gasteiger charge is -2.23. The zero-order valence-corrected chi connectivity index (χ0v) is 12.7. The van der Waals surface area contributed by atoms with Crippen LogP contribution in [0, 0.1) is 11.8 Å². The van der Waals surface area contributed by atoms with Crippen molar-refractivity contribution in [3.05, 3.63) is 5.01 Å². The molecule has 0 saturated heterocycles. The van der Waals surface area contributed by atoms with Gasteiger partial charge in [0.15, 0.2) is 0 Å². The van der Waals surface area contributed by atoms with Crippen LogP contribution < -0.4 is 5.32 Å². The third-order valence-electron chi connectivity index (χ3n) is 4.54. The number of rotatable bonds is 6. The van der Waals surface area contributed by atoms with Crippen LogP contribution in [0.5, 0.6) is 0 Å². The summed E-state index contributed by atoms with van der Waals surface area (Å²) in [6, 6.07) is 0.162. The first-order chi connectivity index (χ1) is 9.81. The molecule has 5 nitrogen and oxygen atoms in total. The summed E-state index contributed by atoms with van der Waals surface area (Å²) in [6.45, 7) is 2.21. The highest BCUT2D eigenvalue weighted by Crippen LogP contribution is 2.44. The van der Waals surface area contributed by atoms with Gasteiger partial charge in [-0.15, -0.1) is 10.2 Å². The van der Waals surface area contributed by atoms with Crippen LogP contribution in [0.25, 0.3) is 0 Å². The van der Waals surface area contributed by atoms with E-state index >= 15 is 0 Å². The second kappa shape index (κ2) is 6.08. The third-order valence-corrected chi connectivity index (χ3v) is 5.45. The zero-order chi connectivity index (χ0) is 13.9. The van der Waals surface area contributed by atoms with E-state index in [1.165, 1.54) is 32.1 Å². The summed E-state index contributed by atoms with van der Waals surface area (Å²) in [4.78, 5) is 0. The molecule has 1 aromatic rings.